The van der Waals surface area contributed by atoms with E-state index in [1.807, 2.05) is 14.0 Å². The highest BCUT2D eigenvalue weighted by atomic mass is 15.2. The van der Waals surface area contributed by atoms with E-state index < -0.39 is 0 Å². The first kappa shape index (κ1) is 10.8. The van der Waals surface area contributed by atoms with Crippen molar-refractivity contribution in [1.29, 1.82) is 0 Å². The van der Waals surface area contributed by atoms with Crippen LogP contribution in [0.5, 0.6) is 0 Å². The van der Waals surface area contributed by atoms with Gasteiger partial charge in [0.25, 0.3) is 0 Å². The lowest BCUT2D eigenvalue weighted by Gasteiger charge is -2.22. The number of amidine groups is 1. The van der Waals surface area contributed by atoms with Gasteiger partial charge < -0.3 is 4.90 Å². The molecular formula is C12H18N2. The van der Waals surface area contributed by atoms with Gasteiger partial charge in [0.05, 0.1) is 5.84 Å². The van der Waals surface area contributed by atoms with Crippen LogP contribution in [0.2, 0.25) is 0 Å². The van der Waals surface area contributed by atoms with Crippen LogP contribution in [-0.2, 0) is 0 Å². The largest absolute Gasteiger partial charge is 0.333 e. The molecule has 0 aliphatic rings. The Labute approximate surface area is 86.3 Å². The normalized spacial score (nSPS) is 11.6. The van der Waals surface area contributed by atoms with Crippen molar-refractivity contribution in [3.05, 3.63) is 29.3 Å². The van der Waals surface area contributed by atoms with E-state index in [-0.39, 0.29) is 0 Å². The highest BCUT2D eigenvalue weighted by Gasteiger charge is 2.08. The number of aryl methyl sites for hydroxylation is 2. The monoisotopic (exact) mass is 190 g/mol. The number of aliphatic imine (C=N–C) groups is 1. The fraction of sp³-hybridized carbons (Fsp3) is 0.417. The van der Waals surface area contributed by atoms with Crippen molar-refractivity contribution in [1.82, 2.24) is 0 Å². The molecular weight excluding hydrogens is 172 g/mol. The zero-order chi connectivity index (χ0) is 10.7. The van der Waals surface area contributed by atoms with E-state index in [1.165, 1.54) is 16.8 Å². The lowest BCUT2D eigenvalue weighted by molar-refractivity contribution is 1.17. The molecule has 0 aromatic heterocycles. The molecule has 0 spiro atoms. The summed E-state index contributed by atoms with van der Waals surface area (Å²) in [5, 5.41) is 0. The van der Waals surface area contributed by atoms with Crippen LogP contribution >= 0.6 is 0 Å². The minimum atomic E-state index is 1.03. The van der Waals surface area contributed by atoms with Crippen molar-refractivity contribution in [2.75, 3.05) is 19.0 Å². The van der Waals surface area contributed by atoms with Crippen LogP contribution < -0.4 is 4.90 Å². The number of anilines is 1. The number of benzene rings is 1. The predicted octanol–water partition coefficient (Wildman–Crippen LogP) is 2.79. The minimum absolute atomic E-state index is 1.03. The molecule has 0 saturated heterocycles. The van der Waals surface area contributed by atoms with Gasteiger partial charge in [-0.3, -0.25) is 4.99 Å². The summed E-state index contributed by atoms with van der Waals surface area (Å²) in [6.07, 6.45) is 0. The molecule has 0 aliphatic carbocycles. The molecule has 14 heavy (non-hydrogen) atoms. The van der Waals surface area contributed by atoms with Gasteiger partial charge in [0.15, 0.2) is 0 Å². The SMILES string of the molecule is C/N=C(/C)N(C)c1c(C)cccc1C. The summed E-state index contributed by atoms with van der Waals surface area (Å²) >= 11 is 0. The van der Waals surface area contributed by atoms with Crippen LogP contribution in [0.25, 0.3) is 0 Å². The van der Waals surface area contributed by atoms with Crippen LogP contribution in [0.15, 0.2) is 23.2 Å². The van der Waals surface area contributed by atoms with Crippen LogP contribution in [0.4, 0.5) is 5.69 Å². The third kappa shape index (κ3) is 1.95. The zero-order valence-corrected chi connectivity index (χ0v) is 9.63. The Kier molecular flexibility index (Phi) is 3.28. The van der Waals surface area contributed by atoms with Crippen molar-refractivity contribution in [2.45, 2.75) is 20.8 Å². The van der Waals surface area contributed by atoms with E-state index in [0.29, 0.717) is 0 Å². The summed E-state index contributed by atoms with van der Waals surface area (Å²) in [4.78, 5) is 6.32. The van der Waals surface area contributed by atoms with E-state index in [0.717, 1.165) is 5.84 Å². The van der Waals surface area contributed by atoms with Gasteiger partial charge in [-0.1, -0.05) is 18.2 Å². The van der Waals surface area contributed by atoms with E-state index in [2.05, 4.69) is 49.0 Å². The van der Waals surface area contributed by atoms with Crippen molar-refractivity contribution in [3.8, 4) is 0 Å². The fourth-order valence-electron chi connectivity index (χ4n) is 1.65. The van der Waals surface area contributed by atoms with Crippen LogP contribution in [0, 0.1) is 13.8 Å². The van der Waals surface area contributed by atoms with E-state index >= 15 is 0 Å². The molecule has 0 amide bonds. The Hall–Kier alpha value is -1.31. The van der Waals surface area contributed by atoms with Crippen molar-refractivity contribution < 1.29 is 0 Å². The van der Waals surface area contributed by atoms with Crippen molar-refractivity contribution in [3.63, 3.8) is 0 Å². The zero-order valence-electron chi connectivity index (χ0n) is 9.63. The molecule has 0 fully saturated rings. The molecule has 0 heterocycles. The Bertz CT molecular complexity index is 333. The molecule has 0 atom stereocenters. The van der Waals surface area contributed by atoms with Gasteiger partial charge in [0, 0.05) is 19.8 Å². The predicted molar refractivity (Wildman–Crippen MR) is 63.4 cm³/mol. The van der Waals surface area contributed by atoms with E-state index in [9.17, 15) is 0 Å². The summed E-state index contributed by atoms with van der Waals surface area (Å²) < 4.78 is 0. The first-order valence-electron chi connectivity index (χ1n) is 4.81. The second-order valence-electron chi connectivity index (χ2n) is 3.57. The summed E-state index contributed by atoms with van der Waals surface area (Å²) in [5.41, 5.74) is 3.83. The van der Waals surface area contributed by atoms with Crippen molar-refractivity contribution >= 4 is 11.5 Å². The summed E-state index contributed by atoms with van der Waals surface area (Å²) in [5.74, 6) is 1.03. The van der Waals surface area contributed by atoms with Gasteiger partial charge >= 0.3 is 0 Å². The fourth-order valence-corrected chi connectivity index (χ4v) is 1.65. The third-order valence-corrected chi connectivity index (χ3v) is 2.58. The lowest BCUT2D eigenvalue weighted by atomic mass is 10.1. The molecule has 1 rings (SSSR count). The smallest absolute Gasteiger partial charge is 0.0995 e. The third-order valence-electron chi connectivity index (χ3n) is 2.58. The standard InChI is InChI=1S/C12H18N2/c1-9-7-6-8-10(2)12(9)14(5)11(3)13-4/h6-8H,1-5H3/b13-11-. The highest BCUT2D eigenvalue weighted by Crippen LogP contribution is 2.23. The van der Waals surface area contributed by atoms with Gasteiger partial charge in [0.2, 0.25) is 0 Å². The molecule has 1 aromatic carbocycles. The molecule has 0 saturated carbocycles. The quantitative estimate of drug-likeness (QED) is 0.491. The van der Waals surface area contributed by atoms with E-state index in [4.69, 9.17) is 0 Å². The molecule has 2 nitrogen and oxygen atoms in total. The maximum absolute atomic E-state index is 4.19. The van der Waals surface area contributed by atoms with Gasteiger partial charge in [-0.05, 0) is 31.9 Å². The average molecular weight is 190 g/mol. The Morgan fingerprint density at radius 1 is 1.21 bits per heavy atom. The second kappa shape index (κ2) is 4.27. The Morgan fingerprint density at radius 2 is 1.71 bits per heavy atom. The van der Waals surface area contributed by atoms with Crippen molar-refractivity contribution in [2.24, 2.45) is 4.99 Å². The van der Waals surface area contributed by atoms with Crippen LogP contribution in [0.1, 0.15) is 18.1 Å². The first-order valence-corrected chi connectivity index (χ1v) is 4.81. The molecule has 0 unspecified atom stereocenters. The number of hydrogen-bond donors (Lipinski definition) is 0. The maximum Gasteiger partial charge on any atom is 0.0995 e. The van der Waals surface area contributed by atoms with Gasteiger partial charge in [-0.2, -0.15) is 0 Å². The summed E-state index contributed by atoms with van der Waals surface area (Å²) in [7, 11) is 3.87. The molecule has 76 valence electrons. The number of nitrogens with zero attached hydrogens (tertiary/aromatic N) is 2. The van der Waals surface area contributed by atoms with E-state index in [1.54, 1.807) is 0 Å². The maximum atomic E-state index is 4.19. The number of rotatable bonds is 1. The van der Waals surface area contributed by atoms with Gasteiger partial charge in [0.1, 0.15) is 0 Å². The topological polar surface area (TPSA) is 15.6 Å². The van der Waals surface area contributed by atoms with Gasteiger partial charge in [-0.25, -0.2) is 0 Å². The molecule has 0 N–H and O–H groups in total. The summed E-state index contributed by atoms with van der Waals surface area (Å²) in [6.45, 7) is 6.27. The Balaban J connectivity index is 3.18. The van der Waals surface area contributed by atoms with Gasteiger partial charge in [-0.15, -0.1) is 0 Å². The Morgan fingerprint density at radius 3 is 2.14 bits per heavy atom. The molecule has 0 bridgehead atoms. The van der Waals surface area contributed by atoms with Crippen LogP contribution in [-0.4, -0.2) is 19.9 Å². The minimum Gasteiger partial charge on any atom is -0.333 e. The highest BCUT2D eigenvalue weighted by molar-refractivity contribution is 5.96. The average Bonchev–Trinajstić information content (AvgIpc) is 2.16. The molecule has 0 radical (unpaired) electrons. The second-order valence-corrected chi connectivity index (χ2v) is 3.57. The molecule has 2 heteroatoms. The van der Waals surface area contributed by atoms with Crippen LogP contribution in [0.3, 0.4) is 0 Å². The number of hydrogen-bond acceptors (Lipinski definition) is 1. The summed E-state index contributed by atoms with van der Waals surface area (Å²) in [6, 6.07) is 6.34. The lowest BCUT2D eigenvalue weighted by Crippen LogP contribution is -2.24. The first-order chi connectivity index (χ1) is 6.57. The molecule has 1 aromatic rings. The molecule has 0 aliphatic heterocycles. The number of para-hydroxylation sites is 1.